The topological polar surface area (TPSA) is 79.3 Å². The Labute approximate surface area is 115 Å². The number of aliphatic hydroxyl groups excluding tert-OH is 1. The second kappa shape index (κ2) is 5.98. The highest BCUT2D eigenvalue weighted by Gasteiger charge is 2.23. The molecule has 0 radical (unpaired) electrons. The molecule has 0 saturated heterocycles. The minimum Gasteiger partial charge on any atom is -0.392 e. The summed E-state index contributed by atoms with van der Waals surface area (Å²) in [4.78, 5) is 3.85. The molecule has 1 aromatic heterocycles. The molecule has 1 atom stereocenters. The van der Waals surface area contributed by atoms with E-state index in [1.807, 2.05) is 6.92 Å². The van der Waals surface area contributed by atoms with E-state index in [0.717, 1.165) is 0 Å². The Hall–Kier alpha value is -0.980. The van der Waals surface area contributed by atoms with Crippen LogP contribution in [0.15, 0.2) is 23.4 Å². The van der Waals surface area contributed by atoms with Gasteiger partial charge in [-0.05, 0) is 23.0 Å². The van der Waals surface area contributed by atoms with Crippen molar-refractivity contribution in [3.63, 3.8) is 0 Å². The first-order chi connectivity index (χ1) is 8.66. The van der Waals surface area contributed by atoms with Crippen LogP contribution < -0.4 is 4.72 Å². The molecule has 1 unspecified atom stereocenters. The van der Waals surface area contributed by atoms with Gasteiger partial charge in [0.15, 0.2) is 5.03 Å². The summed E-state index contributed by atoms with van der Waals surface area (Å²) in [6.45, 7) is 8.43. The Morgan fingerprint density at radius 2 is 2.00 bits per heavy atom. The number of hydrogen-bond acceptors (Lipinski definition) is 4. The lowest BCUT2D eigenvalue weighted by atomic mass is 9.82. The molecule has 5 nitrogen and oxygen atoms in total. The van der Waals surface area contributed by atoms with Gasteiger partial charge in [0, 0.05) is 12.7 Å². The molecule has 0 bridgehead atoms. The van der Waals surface area contributed by atoms with Crippen molar-refractivity contribution in [1.29, 1.82) is 0 Å². The zero-order chi connectivity index (χ0) is 14.7. The molecular formula is C13H22N2O3S. The molecule has 6 heteroatoms. The number of nitrogens with zero attached hydrogens (tertiary/aromatic N) is 1. The maximum Gasteiger partial charge on any atom is 0.258 e. The van der Waals surface area contributed by atoms with Gasteiger partial charge < -0.3 is 5.11 Å². The van der Waals surface area contributed by atoms with Gasteiger partial charge in [0.25, 0.3) is 10.0 Å². The van der Waals surface area contributed by atoms with Gasteiger partial charge in [0.1, 0.15) is 0 Å². The van der Waals surface area contributed by atoms with E-state index < -0.39 is 10.0 Å². The van der Waals surface area contributed by atoms with Gasteiger partial charge in [0.2, 0.25) is 0 Å². The Bertz CT molecular complexity index is 504. The van der Waals surface area contributed by atoms with Gasteiger partial charge in [-0.2, -0.15) is 0 Å². The second-order valence-electron chi connectivity index (χ2n) is 5.78. The monoisotopic (exact) mass is 286 g/mol. The van der Waals surface area contributed by atoms with Crippen molar-refractivity contribution in [2.75, 3.05) is 6.54 Å². The van der Waals surface area contributed by atoms with Crippen LogP contribution in [0.3, 0.4) is 0 Å². The lowest BCUT2D eigenvalue weighted by Crippen LogP contribution is -2.34. The van der Waals surface area contributed by atoms with Crippen molar-refractivity contribution >= 4 is 10.0 Å². The van der Waals surface area contributed by atoms with Crippen LogP contribution >= 0.6 is 0 Å². The van der Waals surface area contributed by atoms with Gasteiger partial charge in [-0.1, -0.05) is 33.8 Å². The number of nitrogens with one attached hydrogen (secondary N) is 1. The van der Waals surface area contributed by atoms with E-state index in [9.17, 15) is 8.42 Å². The van der Waals surface area contributed by atoms with Crippen LogP contribution in [0.25, 0.3) is 0 Å². The molecule has 0 amide bonds. The molecule has 0 spiro atoms. The van der Waals surface area contributed by atoms with Crippen molar-refractivity contribution in [1.82, 2.24) is 9.71 Å². The molecule has 0 aliphatic rings. The van der Waals surface area contributed by atoms with Crippen molar-refractivity contribution in [2.45, 2.75) is 39.3 Å². The number of aliphatic hydroxyl groups is 1. The van der Waals surface area contributed by atoms with Crippen LogP contribution in [-0.4, -0.2) is 25.1 Å². The highest BCUT2D eigenvalue weighted by molar-refractivity contribution is 7.89. The van der Waals surface area contributed by atoms with Gasteiger partial charge >= 0.3 is 0 Å². The third-order valence-corrected chi connectivity index (χ3v) is 4.65. The summed E-state index contributed by atoms with van der Waals surface area (Å²) >= 11 is 0. The summed E-state index contributed by atoms with van der Waals surface area (Å²) in [7, 11) is -3.58. The standard InChI is InChI=1S/C13H22N2O3S/c1-10(13(2,3)4)7-15-19(17,18)12-6-5-11(9-16)8-14-12/h5-6,8,10,15-16H,7,9H2,1-4H3. The lowest BCUT2D eigenvalue weighted by molar-refractivity contribution is 0.263. The molecule has 0 aliphatic heterocycles. The Balaban J connectivity index is 2.76. The average molecular weight is 286 g/mol. The van der Waals surface area contributed by atoms with Gasteiger partial charge in [-0.15, -0.1) is 0 Å². The molecule has 1 heterocycles. The fourth-order valence-corrected chi connectivity index (χ4v) is 2.33. The predicted octanol–water partition coefficient (Wildman–Crippen LogP) is 1.53. The summed E-state index contributed by atoms with van der Waals surface area (Å²) in [5, 5.41) is 8.87. The summed E-state index contributed by atoms with van der Waals surface area (Å²) in [5.74, 6) is 0.207. The first-order valence-corrected chi connectivity index (χ1v) is 7.70. The number of aromatic nitrogens is 1. The smallest absolute Gasteiger partial charge is 0.258 e. The van der Waals surface area contributed by atoms with E-state index in [1.54, 1.807) is 6.07 Å². The first kappa shape index (κ1) is 16.1. The van der Waals surface area contributed by atoms with Crippen LogP contribution in [0.5, 0.6) is 0 Å². The third kappa shape index (κ3) is 4.56. The molecule has 1 rings (SSSR count). The van der Waals surface area contributed by atoms with Crippen LogP contribution in [-0.2, 0) is 16.6 Å². The summed E-state index contributed by atoms with van der Waals surface area (Å²) in [6, 6.07) is 2.95. The number of rotatable bonds is 5. The lowest BCUT2D eigenvalue weighted by Gasteiger charge is -2.27. The maximum atomic E-state index is 12.0. The van der Waals surface area contributed by atoms with Crippen LogP contribution in [0, 0.1) is 11.3 Å². The van der Waals surface area contributed by atoms with Crippen LogP contribution in [0.4, 0.5) is 0 Å². The van der Waals surface area contributed by atoms with Gasteiger partial charge in [-0.25, -0.2) is 18.1 Å². The molecular weight excluding hydrogens is 264 g/mol. The number of pyridine rings is 1. The first-order valence-electron chi connectivity index (χ1n) is 6.22. The minimum absolute atomic E-state index is 0.0224. The Morgan fingerprint density at radius 1 is 1.37 bits per heavy atom. The zero-order valence-corrected chi connectivity index (χ0v) is 12.7. The zero-order valence-electron chi connectivity index (χ0n) is 11.8. The quantitative estimate of drug-likeness (QED) is 0.860. The van der Waals surface area contributed by atoms with Crippen molar-refractivity contribution in [2.24, 2.45) is 11.3 Å². The van der Waals surface area contributed by atoms with Crippen molar-refractivity contribution in [3.05, 3.63) is 23.9 Å². The summed E-state index contributed by atoms with van der Waals surface area (Å²) in [6.07, 6.45) is 1.36. The Kier molecular flexibility index (Phi) is 5.06. The van der Waals surface area contributed by atoms with Crippen molar-refractivity contribution in [3.8, 4) is 0 Å². The molecule has 1 aromatic rings. The molecule has 108 valence electrons. The molecule has 0 aromatic carbocycles. The SMILES string of the molecule is CC(CNS(=O)(=O)c1ccc(CO)cn1)C(C)(C)C. The van der Waals surface area contributed by atoms with E-state index in [4.69, 9.17) is 5.11 Å². The van der Waals surface area contributed by atoms with E-state index in [2.05, 4.69) is 30.5 Å². The van der Waals surface area contributed by atoms with E-state index >= 15 is 0 Å². The molecule has 0 aliphatic carbocycles. The van der Waals surface area contributed by atoms with Gasteiger partial charge in [-0.3, -0.25) is 0 Å². The normalized spacial score (nSPS) is 14.4. The van der Waals surface area contributed by atoms with E-state index in [0.29, 0.717) is 12.1 Å². The molecule has 0 fully saturated rings. The Morgan fingerprint density at radius 3 is 2.42 bits per heavy atom. The largest absolute Gasteiger partial charge is 0.392 e. The van der Waals surface area contributed by atoms with Crippen molar-refractivity contribution < 1.29 is 13.5 Å². The third-order valence-electron chi connectivity index (χ3n) is 3.31. The van der Waals surface area contributed by atoms with E-state index in [1.165, 1.54) is 12.3 Å². The summed E-state index contributed by atoms with van der Waals surface area (Å²) in [5.41, 5.74) is 0.624. The average Bonchev–Trinajstić information content (AvgIpc) is 2.35. The minimum atomic E-state index is -3.58. The molecule has 2 N–H and O–H groups in total. The summed E-state index contributed by atoms with van der Waals surface area (Å²) < 4.78 is 26.6. The fraction of sp³-hybridized carbons (Fsp3) is 0.615. The molecule has 19 heavy (non-hydrogen) atoms. The highest BCUT2D eigenvalue weighted by Crippen LogP contribution is 2.24. The van der Waals surface area contributed by atoms with E-state index in [-0.39, 0.29) is 23.0 Å². The number of sulfonamides is 1. The predicted molar refractivity (Wildman–Crippen MR) is 74.0 cm³/mol. The van der Waals surface area contributed by atoms with Gasteiger partial charge in [0.05, 0.1) is 6.61 Å². The van der Waals surface area contributed by atoms with Crippen LogP contribution in [0.2, 0.25) is 0 Å². The fourth-order valence-electron chi connectivity index (χ4n) is 1.28. The second-order valence-corrected chi connectivity index (χ2v) is 7.50. The molecule has 0 saturated carbocycles. The highest BCUT2D eigenvalue weighted by atomic mass is 32.2. The number of hydrogen-bond donors (Lipinski definition) is 2. The maximum absolute atomic E-state index is 12.0. The van der Waals surface area contributed by atoms with Crippen LogP contribution in [0.1, 0.15) is 33.3 Å².